The maximum atomic E-state index is 12.6. The van der Waals surface area contributed by atoms with Gasteiger partial charge in [0, 0.05) is 31.7 Å². The number of hydrogen-bond donors (Lipinski definition) is 0. The first kappa shape index (κ1) is 17.6. The van der Waals surface area contributed by atoms with Gasteiger partial charge in [-0.2, -0.15) is 0 Å². The monoisotopic (exact) mass is 368 g/mol. The number of alkyl halides is 2. The van der Waals surface area contributed by atoms with E-state index in [1.54, 1.807) is 9.80 Å². The molecule has 1 aliphatic carbocycles. The Morgan fingerprint density at radius 1 is 1.04 bits per heavy atom. The van der Waals surface area contributed by atoms with Gasteiger partial charge in [0.2, 0.25) is 5.91 Å². The molecule has 0 radical (unpaired) electrons. The fraction of sp³-hybridized carbons (Fsp3) is 0.556. The highest BCUT2D eigenvalue weighted by Gasteiger charge is 2.68. The lowest BCUT2D eigenvalue weighted by Gasteiger charge is -2.36. The van der Waals surface area contributed by atoms with Gasteiger partial charge in [-0.1, -0.05) is 19.1 Å². The number of nitrogens with zero attached hydrogens (tertiary/aromatic N) is 2. The second-order valence-corrected chi connectivity index (χ2v) is 8.33. The van der Waals surface area contributed by atoms with Crippen LogP contribution in [0.3, 0.4) is 0 Å². The molecule has 1 unspecified atom stereocenters. The molecule has 24 heavy (non-hydrogen) atoms. The van der Waals surface area contributed by atoms with Crippen molar-refractivity contribution in [1.82, 2.24) is 9.80 Å². The molecule has 2 aliphatic rings. The van der Waals surface area contributed by atoms with Crippen molar-refractivity contribution >= 4 is 35.0 Å². The van der Waals surface area contributed by atoms with Crippen LogP contribution in [0.4, 0.5) is 0 Å². The van der Waals surface area contributed by atoms with Crippen molar-refractivity contribution in [2.75, 3.05) is 26.2 Å². The second-order valence-electron chi connectivity index (χ2n) is 6.85. The number of amides is 2. The van der Waals surface area contributed by atoms with E-state index in [1.807, 2.05) is 31.2 Å². The standard InChI is InChI=1S/C18H22Cl2N2O2/c1-3-13-4-6-14(7-5-13)15(23)21-8-10-22(11-9-21)16(24)17(2)12-18(17,19)20/h4-7H,3,8-12H2,1-2H3. The van der Waals surface area contributed by atoms with Crippen LogP contribution in [0.5, 0.6) is 0 Å². The van der Waals surface area contributed by atoms with Crippen molar-refractivity contribution < 1.29 is 9.59 Å². The van der Waals surface area contributed by atoms with Crippen LogP contribution in [0.25, 0.3) is 0 Å². The van der Waals surface area contributed by atoms with E-state index < -0.39 is 9.75 Å². The molecule has 1 heterocycles. The Morgan fingerprint density at radius 3 is 2.00 bits per heavy atom. The first-order valence-electron chi connectivity index (χ1n) is 8.34. The van der Waals surface area contributed by atoms with Crippen molar-refractivity contribution in [3.8, 4) is 0 Å². The van der Waals surface area contributed by atoms with E-state index in [0.29, 0.717) is 38.2 Å². The van der Waals surface area contributed by atoms with Crippen LogP contribution >= 0.6 is 23.2 Å². The minimum Gasteiger partial charge on any atom is -0.339 e. The van der Waals surface area contributed by atoms with Crippen LogP contribution in [-0.2, 0) is 11.2 Å². The molecule has 1 aromatic rings. The number of hydrogen-bond acceptors (Lipinski definition) is 2. The SMILES string of the molecule is CCc1ccc(C(=O)N2CCN(C(=O)C3(C)CC3(Cl)Cl)CC2)cc1. The molecule has 6 heteroatoms. The minimum absolute atomic E-state index is 0.00750. The van der Waals surface area contributed by atoms with Crippen LogP contribution in [-0.4, -0.2) is 52.1 Å². The van der Waals surface area contributed by atoms with E-state index in [0.717, 1.165) is 6.42 Å². The highest BCUT2D eigenvalue weighted by Crippen LogP contribution is 2.64. The van der Waals surface area contributed by atoms with Gasteiger partial charge in [0.05, 0.1) is 5.41 Å². The molecule has 0 bridgehead atoms. The number of aryl methyl sites for hydroxylation is 1. The Hall–Kier alpha value is -1.26. The van der Waals surface area contributed by atoms with Crippen molar-refractivity contribution in [2.45, 2.75) is 31.0 Å². The lowest BCUT2D eigenvalue weighted by Crippen LogP contribution is -2.52. The van der Waals surface area contributed by atoms with Gasteiger partial charge in [-0.25, -0.2) is 0 Å². The molecule has 1 aromatic carbocycles. The number of benzene rings is 1. The van der Waals surface area contributed by atoms with E-state index >= 15 is 0 Å². The van der Waals surface area contributed by atoms with E-state index in [-0.39, 0.29) is 11.8 Å². The molecule has 130 valence electrons. The van der Waals surface area contributed by atoms with Gasteiger partial charge in [0.25, 0.3) is 5.91 Å². The van der Waals surface area contributed by atoms with Gasteiger partial charge >= 0.3 is 0 Å². The summed E-state index contributed by atoms with van der Waals surface area (Å²) in [5.74, 6) is 0.0123. The molecule has 0 spiro atoms. The van der Waals surface area contributed by atoms with Crippen LogP contribution in [0.1, 0.15) is 36.2 Å². The second kappa shape index (κ2) is 6.23. The smallest absolute Gasteiger partial charge is 0.253 e. The number of carbonyl (C=O) groups is 2. The third kappa shape index (κ3) is 3.02. The van der Waals surface area contributed by atoms with Crippen LogP contribution in [0.2, 0.25) is 0 Å². The maximum absolute atomic E-state index is 12.6. The highest BCUT2D eigenvalue weighted by atomic mass is 35.5. The van der Waals surface area contributed by atoms with Crippen molar-refractivity contribution in [3.63, 3.8) is 0 Å². The Balaban J connectivity index is 1.58. The number of carbonyl (C=O) groups excluding carboxylic acids is 2. The van der Waals surface area contributed by atoms with Gasteiger partial charge in [0.1, 0.15) is 4.33 Å². The van der Waals surface area contributed by atoms with Gasteiger partial charge in [0.15, 0.2) is 0 Å². The van der Waals surface area contributed by atoms with E-state index in [1.165, 1.54) is 5.56 Å². The molecule has 3 rings (SSSR count). The lowest BCUT2D eigenvalue weighted by molar-refractivity contribution is -0.137. The fourth-order valence-corrected chi connectivity index (χ4v) is 3.86. The average Bonchev–Trinajstić information content (AvgIpc) is 3.13. The molecular weight excluding hydrogens is 347 g/mol. The van der Waals surface area contributed by atoms with Crippen LogP contribution in [0, 0.1) is 5.41 Å². The normalized spacial score (nSPS) is 25.5. The average molecular weight is 369 g/mol. The van der Waals surface area contributed by atoms with Crippen molar-refractivity contribution in [1.29, 1.82) is 0 Å². The molecular formula is C18H22Cl2N2O2. The number of rotatable bonds is 3. The minimum atomic E-state index is -0.946. The summed E-state index contributed by atoms with van der Waals surface area (Å²) in [6.07, 6.45) is 1.45. The van der Waals surface area contributed by atoms with E-state index in [9.17, 15) is 9.59 Å². The molecule has 1 aliphatic heterocycles. The summed E-state index contributed by atoms with van der Waals surface area (Å²) in [6.45, 7) is 6.02. The predicted molar refractivity (Wildman–Crippen MR) is 95.5 cm³/mol. The van der Waals surface area contributed by atoms with Gasteiger partial charge < -0.3 is 9.80 Å². The largest absolute Gasteiger partial charge is 0.339 e. The third-order valence-corrected chi connectivity index (χ3v) is 6.29. The first-order chi connectivity index (χ1) is 11.3. The molecule has 0 aromatic heterocycles. The third-order valence-electron chi connectivity index (χ3n) is 5.19. The van der Waals surface area contributed by atoms with Crippen molar-refractivity contribution in [3.05, 3.63) is 35.4 Å². The Kier molecular flexibility index (Phi) is 4.56. The summed E-state index contributed by atoms with van der Waals surface area (Å²) in [7, 11) is 0. The first-order valence-corrected chi connectivity index (χ1v) is 9.09. The lowest BCUT2D eigenvalue weighted by atomic mass is 10.1. The topological polar surface area (TPSA) is 40.6 Å². The van der Waals surface area contributed by atoms with Crippen LogP contribution in [0.15, 0.2) is 24.3 Å². The summed E-state index contributed by atoms with van der Waals surface area (Å²) in [5, 5.41) is 0. The molecule has 2 amide bonds. The zero-order valence-electron chi connectivity index (χ0n) is 14.0. The number of piperazine rings is 1. The highest BCUT2D eigenvalue weighted by molar-refractivity contribution is 6.53. The quantitative estimate of drug-likeness (QED) is 0.769. The van der Waals surface area contributed by atoms with Gasteiger partial charge in [-0.15, -0.1) is 23.2 Å². The Bertz CT molecular complexity index is 651. The zero-order chi connectivity index (χ0) is 17.5. The van der Waals surface area contributed by atoms with Gasteiger partial charge in [-0.05, 0) is 37.5 Å². The molecule has 1 saturated carbocycles. The number of halogens is 2. The summed E-state index contributed by atoms with van der Waals surface area (Å²) >= 11 is 12.2. The predicted octanol–water partition coefficient (Wildman–Crippen LogP) is 3.12. The van der Waals surface area contributed by atoms with E-state index in [4.69, 9.17) is 23.2 Å². The van der Waals surface area contributed by atoms with Crippen molar-refractivity contribution in [2.24, 2.45) is 5.41 Å². The van der Waals surface area contributed by atoms with E-state index in [2.05, 4.69) is 6.92 Å². The Morgan fingerprint density at radius 2 is 1.54 bits per heavy atom. The summed E-state index contributed by atoms with van der Waals surface area (Å²) in [6, 6.07) is 7.72. The van der Waals surface area contributed by atoms with Gasteiger partial charge in [-0.3, -0.25) is 9.59 Å². The molecule has 1 atom stereocenters. The summed E-state index contributed by atoms with van der Waals surface area (Å²) in [5.41, 5.74) is 1.23. The zero-order valence-corrected chi connectivity index (χ0v) is 15.5. The molecule has 1 saturated heterocycles. The summed E-state index contributed by atoms with van der Waals surface area (Å²) < 4.78 is -0.946. The fourth-order valence-electron chi connectivity index (χ4n) is 3.16. The van der Waals surface area contributed by atoms with Crippen LogP contribution < -0.4 is 0 Å². The Labute approximate surface area is 152 Å². The maximum Gasteiger partial charge on any atom is 0.253 e. The summed E-state index contributed by atoms with van der Waals surface area (Å²) in [4.78, 5) is 28.7. The molecule has 0 N–H and O–H groups in total. The molecule has 2 fully saturated rings. The molecule has 4 nitrogen and oxygen atoms in total.